The molecule has 1 aliphatic carbocycles. The minimum atomic E-state index is -0.464. The number of pyridine rings is 1. The van der Waals surface area contributed by atoms with Gasteiger partial charge >= 0.3 is 5.97 Å². The van der Waals surface area contributed by atoms with Crippen molar-refractivity contribution in [2.24, 2.45) is 5.92 Å². The lowest BCUT2D eigenvalue weighted by Crippen LogP contribution is -2.40. The third kappa shape index (κ3) is 3.58. The van der Waals surface area contributed by atoms with Gasteiger partial charge in [0, 0.05) is 38.2 Å². The maximum absolute atomic E-state index is 12.0. The highest BCUT2D eigenvalue weighted by Gasteiger charge is 2.28. The minimum Gasteiger partial charge on any atom is -0.464 e. The summed E-state index contributed by atoms with van der Waals surface area (Å²) in [5, 5.41) is 2.74. The smallest absolute Gasteiger partial charge is 0.356 e. The number of nitrogens with zero attached hydrogens (tertiary/aromatic N) is 4. The first-order valence-electron chi connectivity index (χ1n) is 9.70. The second kappa shape index (κ2) is 7.61. The van der Waals surface area contributed by atoms with Crippen molar-refractivity contribution in [3.8, 4) is 5.69 Å². The topological polar surface area (TPSA) is 89.4 Å². The number of ether oxygens (including phenoxy) is 1. The minimum absolute atomic E-state index is 0.0433. The summed E-state index contributed by atoms with van der Waals surface area (Å²) in [6, 6.07) is 1.75. The predicted octanol–water partition coefficient (Wildman–Crippen LogP) is 1.89. The lowest BCUT2D eigenvalue weighted by Gasteiger charge is -2.33. The number of carbonyl (C=O) groups excluding carboxylic acids is 2. The molecule has 1 aliphatic heterocycles. The van der Waals surface area contributed by atoms with Crippen LogP contribution in [0.15, 0.2) is 24.8 Å². The van der Waals surface area contributed by atoms with Crippen molar-refractivity contribution in [1.82, 2.24) is 19.9 Å². The number of esters is 1. The second-order valence-corrected chi connectivity index (χ2v) is 7.41. The Morgan fingerprint density at radius 3 is 2.54 bits per heavy atom. The number of amides is 1. The van der Waals surface area contributed by atoms with Crippen LogP contribution < -0.4 is 10.2 Å². The van der Waals surface area contributed by atoms with Gasteiger partial charge in [0.15, 0.2) is 5.69 Å². The molecule has 1 N–H and O–H groups in total. The molecule has 8 heteroatoms. The molecular weight excluding hydrogens is 358 g/mol. The van der Waals surface area contributed by atoms with Crippen LogP contribution in [-0.2, 0) is 9.53 Å². The molecule has 2 aromatic rings. The van der Waals surface area contributed by atoms with Crippen molar-refractivity contribution in [2.75, 3.05) is 32.1 Å². The molecule has 28 heavy (non-hydrogen) atoms. The summed E-state index contributed by atoms with van der Waals surface area (Å²) in [7, 11) is 3.03. The Bertz CT molecular complexity index is 882. The van der Waals surface area contributed by atoms with E-state index in [4.69, 9.17) is 4.74 Å². The summed E-state index contributed by atoms with van der Waals surface area (Å²) in [4.78, 5) is 35.0. The Morgan fingerprint density at radius 2 is 1.89 bits per heavy atom. The summed E-state index contributed by atoms with van der Waals surface area (Å²) < 4.78 is 6.79. The van der Waals surface area contributed by atoms with Crippen molar-refractivity contribution in [2.45, 2.75) is 31.6 Å². The van der Waals surface area contributed by atoms with Crippen LogP contribution in [0.5, 0.6) is 0 Å². The Kier molecular flexibility index (Phi) is 5.02. The van der Waals surface area contributed by atoms with Crippen molar-refractivity contribution in [1.29, 1.82) is 0 Å². The average molecular weight is 383 g/mol. The largest absolute Gasteiger partial charge is 0.464 e. The SMILES string of the molecule is CNC(=O)C1CCN(c2cnc(C(=O)OC)cc2-n2cnc(C3CC3)c2)CC1. The van der Waals surface area contributed by atoms with Crippen LogP contribution >= 0.6 is 0 Å². The molecule has 2 fully saturated rings. The summed E-state index contributed by atoms with van der Waals surface area (Å²) >= 11 is 0. The van der Waals surface area contributed by atoms with Crippen LogP contribution in [0, 0.1) is 5.92 Å². The first-order valence-corrected chi connectivity index (χ1v) is 9.70. The summed E-state index contributed by atoms with van der Waals surface area (Å²) in [5.74, 6) is 0.230. The van der Waals surface area contributed by atoms with Crippen LogP contribution in [0.3, 0.4) is 0 Å². The molecule has 1 saturated heterocycles. The Hall–Kier alpha value is -2.90. The number of nitrogens with one attached hydrogen (secondary N) is 1. The van der Waals surface area contributed by atoms with E-state index in [9.17, 15) is 9.59 Å². The number of carbonyl (C=O) groups is 2. The molecule has 0 bridgehead atoms. The van der Waals surface area contributed by atoms with Gasteiger partial charge in [-0.1, -0.05) is 0 Å². The van der Waals surface area contributed by atoms with Crippen molar-refractivity contribution in [3.63, 3.8) is 0 Å². The van der Waals surface area contributed by atoms with Crippen LogP contribution in [0.1, 0.15) is 47.8 Å². The van der Waals surface area contributed by atoms with Gasteiger partial charge in [0.2, 0.25) is 5.91 Å². The van der Waals surface area contributed by atoms with E-state index in [1.807, 2.05) is 10.8 Å². The van der Waals surface area contributed by atoms with E-state index in [1.54, 1.807) is 25.6 Å². The van der Waals surface area contributed by atoms with E-state index in [0.29, 0.717) is 5.92 Å². The first kappa shape index (κ1) is 18.5. The van der Waals surface area contributed by atoms with Gasteiger partial charge in [-0.2, -0.15) is 0 Å². The van der Waals surface area contributed by atoms with Gasteiger partial charge in [-0.05, 0) is 31.7 Å². The molecule has 148 valence electrons. The van der Waals surface area contributed by atoms with E-state index < -0.39 is 5.97 Å². The number of hydrogen-bond donors (Lipinski definition) is 1. The van der Waals surface area contributed by atoms with Crippen LogP contribution in [-0.4, -0.2) is 53.7 Å². The number of methoxy groups -OCH3 is 1. The predicted molar refractivity (Wildman–Crippen MR) is 104 cm³/mol. The zero-order chi connectivity index (χ0) is 19.7. The zero-order valence-electron chi connectivity index (χ0n) is 16.2. The molecule has 4 rings (SSSR count). The molecule has 0 unspecified atom stereocenters. The Labute approximate surface area is 163 Å². The van der Waals surface area contributed by atoms with E-state index in [-0.39, 0.29) is 17.5 Å². The maximum Gasteiger partial charge on any atom is 0.356 e. The van der Waals surface area contributed by atoms with Gasteiger partial charge in [-0.3, -0.25) is 4.79 Å². The monoisotopic (exact) mass is 383 g/mol. The molecule has 0 radical (unpaired) electrons. The average Bonchev–Trinajstić information content (AvgIpc) is 3.49. The standard InChI is InChI=1S/C20H25N5O3/c1-21-19(26)14-5-7-24(8-6-14)18-10-22-15(20(27)28-2)9-17(18)25-11-16(23-12-25)13-3-4-13/h9-14H,3-8H2,1-2H3,(H,21,26). The fourth-order valence-electron chi connectivity index (χ4n) is 3.75. The normalized spacial score (nSPS) is 17.4. The van der Waals surface area contributed by atoms with Crippen LogP contribution in [0.25, 0.3) is 5.69 Å². The lowest BCUT2D eigenvalue weighted by atomic mass is 9.95. The molecule has 0 spiro atoms. The molecule has 0 atom stereocenters. The molecule has 0 aromatic carbocycles. The Morgan fingerprint density at radius 1 is 1.14 bits per heavy atom. The molecule has 1 saturated carbocycles. The molecule has 8 nitrogen and oxygen atoms in total. The number of anilines is 1. The van der Waals surface area contributed by atoms with Gasteiger partial charge in [-0.15, -0.1) is 0 Å². The number of hydrogen-bond acceptors (Lipinski definition) is 6. The zero-order valence-corrected chi connectivity index (χ0v) is 16.2. The molecule has 1 amide bonds. The number of aromatic nitrogens is 3. The van der Waals surface area contributed by atoms with Crippen molar-refractivity contribution >= 4 is 17.6 Å². The molecule has 2 aliphatic rings. The lowest BCUT2D eigenvalue weighted by molar-refractivity contribution is -0.125. The van der Waals surface area contributed by atoms with Gasteiger partial charge < -0.3 is 19.5 Å². The third-order valence-corrected chi connectivity index (χ3v) is 5.59. The van der Waals surface area contributed by atoms with E-state index in [0.717, 1.165) is 43.0 Å². The first-order chi connectivity index (χ1) is 13.6. The van der Waals surface area contributed by atoms with Crippen LogP contribution in [0.4, 0.5) is 5.69 Å². The fraction of sp³-hybridized carbons (Fsp3) is 0.500. The highest BCUT2D eigenvalue weighted by molar-refractivity contribution is 5.88. The maximum atomic E-state index is 12.0. The third-order valence-electron chi connectivity index (χ3n) is 5.59. The second-order valence-electron chi connectivity index (χ2n) is 7.41. The summed E-state index contributed by atoms with van der Waals surface area (Å²) in [6.45, 7) is 1.52. The quantitative estimate of drug-likeness (QED) is 0.793. The van der Waals surface area contributed by atoms with Gasteiger partial charge in [-0.25, -0.2) is 14.8 Å². The van der Waals surface area contributed by atoms with Crippen molar-refractivity contribution in [3.05, 3.63) is 36.2 Å². The summed E-state index contributed by atoms with van der Waals surface area (Å²) in [5.41, 5.74) is 3.14. The van der Waals surface area contributed by atoms with Crippen LogP contribution in [0.2, 0.25) is 0 Å². The van der Waals surface area contributed by atoms with E-state index in [1.165, 1.54) is 20.0 Å². The number of imidazole rings is 1. The highest BCUT2D eigenvalue weighted by Crippen LogP contribution is 2.39. The Balaban J connectivity index is 1.64. The number of rotatable bonds is 5. The molecule has 2 aromatic heterocycles. The fourth-order valence-corrected chi connectivity index (χ4v) is 3.75. The van der Waals surface area contributed by atoms with Gasteiger partial charge in [0.25, 0.3) is 0 Å². The van der Waals surface area contributed by atoms with E-state index >= 15 is 0 Å². The highest BCUT2D eigenvalue weighted by atomic mass is 16.5. The molecule has 3 heterocycles. The van der Waals surface area contributed by atoms with Crippen molar-refractivity contribution < 1.29 is 14.3 Å². The molecular formula is C20H25N5O3. The summed E-state index contributed by atoms with van der Waals surface area (Å²) in [6.07, 6.45) is 9.49. The van der Waals surface area contributed by atoms with Gasteiger partial charge in [0.05, 0.1) is 36.7 Å². The number of piperidine rings is 1. The van der Waals surface area contributed by atoms with Gasteiger partial charge in [0.1, 0.15) is 0 Å². The van der Waals surface area contributed by atoms with E-state index in [2.05, 4.69) is 20.2 Å².